The van der Waals surface area contributed by atoms with E-state index in [1.165, 1.54) is 11.8 Å². The van der Waals surface area contributed by atoms with Crippen LogP contribution in [0.1, 0.15) is 18.9 Å². The molecule has 0 spiro atoms. The summed E-state index contributed by atoms with van der Waals surface area (Å²) in [6, 6.07) is 13.0. The minimum atomic E-state index is -0.156. The van der Waals surface area contributed by atoms with E-state index in [1.54, 1.807) is 6.07 Å². The van der Waals surface area contributed by atoms with Gasteiger partial charge in [0.2, 0.25) is 5.91 Å². The fourth-order valence-corrected chi connectivity index (χ4v) is 3.29. The highest BCUT2D eigenvalue weighted by Crippen LogP contribution is 2.28. The van der Waals surface area contributed by atoms with Crippen molar-refractivity contribution < 1.29 is 4.79 Å². The van der Waals surface area contributed by atoms with Gasteiger partial charge in [0, 0.05) is 20.6 Å². The van der Waals surface area contributed by atoms with E-state index in [0.29, 0.717) is 10.0 Å². The number of carbonyl (C=O) groups is 1. The molecular formula is C17H17Cl2NOS. The number of thioether (sulfide) groups is 1. The molecule has 1 N–H and O–H groups in total. The number of benzene rings is 2. The van der Waals surface area contributed by atoms with Crippen molar-refractivity contribution in [1.29, 1.82) is 0 Å². The lowest BCUT2D eigenvalue weighted by Crippen LogP contribution is -2.24. The lowest BCUT2D eigenvalue weighted by atomic mass is 10.2. The normalized spacial score (nSPS) is 12.0. The molecule has 0 saturated heterocycles. The first kappa shape index (κ1) is 17.2. The van der Waals surface area contributed by atoms with Crippen molar-refractivity contribution in [1.82, 2.24) is 0 Å². The molecule has 5 heteroatoms. The highest BCUT2D eigenvalue weighted by molar-refractivity contribution is 8.00. The molecule has 0 aliphatic heterocycles. The van der Waals surface area contributed by atoms with Crippen LogP contribution in [0.3, 0.4) is 0 Å². The Hall–Kier alpha value is -1.16. The zero-order chi connectivity index (χ0) is 16.1. The maximum Gasteiger partial charge on any atom is 0.237 e. The topological polar surface area (TPSA) is 29.1 Å². The lowest BCUT2D eigenvalue weighted by Gasteiger charge is -2.16. The number of halogens is 2. The Morgan fingerprint density at radius 2 is 1.77 bits per heavy atom. The molecule has 0 saturated carbocycles. The minimum Gasteiger partial charge on any atom is -0.325 e. The van der Waals surface area contributed by atoms with E-state index in [4.69, 9.17) is 23.2 Å². The summed E-state index contributed by atoms with van der Waals surface area (Å²) in [7, 11) is 0. The minimum absolute atomic E-state index is 0.00660. The van der Waals surface area contributed by atoms with Crippen LogP contribution in [0.25, 0.3) is 0 Å². The van der Waals surface area contributed by atoms with Gasteiger partial charge in [0.15, 0.2) is 0 Å². The maximum absolute atomic E-state index is 12.5. The average Bonchev–Trinajstić information content (AvgIpc) is 2.49. The molecule has 0 unspecified atom stereocenters. The van der Waals surface area contributed by atoms with Crippen molar-refractivity contribution in [3.63, 3.8) is 0 Å². The first-order valence-electron chi connectivity index (χ1n) is 6.99. The number of nitrogens with one attached hydrogen (secondary N) is 1. The van der Waals surface area contributed by atoms with Crippen LogP contribution in [-0.4, -0.2) is 11.2 Å². The molecule has 0 bridgehead atoms. The predicted octanol–water partition coefficient (Wildman–Crippen LogP) is 5.81. The van der Waals surface area contributed by atoms with Gasteiger partial charge in [-0.1, -0.05) is 30.1 Å². The standard InChI is InChI=1S/C17H17Cl2NOS/c1-3-16(22-14-7-4-12(18)5-8-14)17(21)20-15-9-6-13(19)10-11(15)2/h4-10,16H,3H2,1-2H3,(H,20,21)/t16-/m0/s1. The molecule has 0 aliphatic carbocycles. The third kappa shape index (κ3) is 4.67. The molecule has 22 heavy (non-hydrogen) atoms. The highest BCUT2D eigenvalue weighted by atomic mass is 35.5. The molecule has 0 aromatic heterocycles. The lowest BCUT2D eigenvalue weighted by molar-refractivity contribution is -0.115. The fraction of sp³-hybridized carbons (Fsp3) is 0.235. The van der Waals surface area contributed by atoms with Gasteiger partial charge in [-0.15, -0.1) is 11.8 Å². The SMILES string of the molecule is CC[C@H](Sc1ccc(Cl)cc1)C(=O)Nc1ccc(Cl)cc1C. The van der Waals surface area contributed by atoms with E-state index in [-0.39, 0.29) is 11.2 Å². The van der Waals surface area contributed by atoms with E-state index >= 15 is 0 Å². The molecule has 0 fully saturated rings. The number of aryl methyl sites for hydroxylation is 1. The zero-order valence-corrected chi connectivity index (χ0v) is 14.7. The van der Waals surface area contributed by atoms with E-state index in [1.807, 2.05) is 50.2 Å². The van der Waals surface area contributed by atoms with Gasteiger partial charge in [-0.05, 0) is 61.4 Å². The predicted molar refractivity (Wildman–Crippen MR) is 96.2 cm³/mol. The van der Waals surface area contributed by atoms with Crippen LogP contribution in [0.15, 0.2) is 47.4 Å². The molecule has 2 nitrogen and oxygen atoms in total. The fourth-order valence-electron chi connectivity index (χ4n) is 1.98. The van der Waals surface area contributed by atoms with Gasteiger partial charge in [0.05, 0.1) is 5.25 Å². The second-order valence-corrected chi connectivity index (χ2v) is 7.07. The quantitative estimate of drug-likeness (QED) is 0.687. The van der Waals surface area contributed by atoms with Gasteiger partial charge in [-0.25, -0.2) is 0 Å². The van der Waals surface area contributed by atoms with Crippen molar-refractivity contribution in [3.05, 3.63) is 58.1 Å². The number of carbonyl (C=O) groups excluding carboxylic acids is 1. The largest absolute Gasteiger partial charge is 0.325 e. The average molecular weight is 354 g/mol. The molecule has 0 aliphatic rings. The highest BCUT2D eigenvalue weighted by Gasteiger charge is 2.18. The molecular weight excluding hydrogens is 337 g/mol. The molecule has 1 amide bonds. The van der Waals surface area contributed by atoms with E-state index in [9.17, 15) is 4.79 Å². The van der Waals surface area contributed by atoms with Crippen LogP contribution < -0.4 is 5.32 Å². The van der Waals surface area contributed by atoms with Gasteiger partial charge in [0.25, 0.3) is 0 Å². The van der Waals surface area contributed by atoms with Crippen molar-refractivity contribution in [2.24, 2.45) is 0 Å². The number of anilines is 1. The van der Waals surface area contributed by atoms with Crippen molar-refractivity contribution >= 4 is 46.6 Å². The first-order valence-corrected chi connectivity index (χ1v) is 8.62. The van der Waals surface area contributed by atoms with Crippen molar-refractivity contribution in [2.75, 3.05) is 5.32 Å². The zero-order valence-electron chi connectivity index (χ0n) is 12.4. The van der Waals surface area contributed by atoms with Crippen molar-refractivity contribution in [2.45, 2.75) is 30.4 Å². The summed E-state index contributed by atoms with van der Waals surface area (Å²) < 4.78 is 0. The Morgan fingerprint density at radius 1 is 1.14 bits per heavy atom. The summed E-state index contributed by atoms with van der Waals surface area (Å²) in [4.78, 5) is 13.5. The molecule has 0 radical (unpaired) electrons. The summed E-state index contributed by atoms with van der Waals surface area (Å²) in [6.45, 7) is 3.93. The maximum atomic E-state index is 12.5. The number of amides is 1. The van der Waals surface area contributed by atoms with E-state index in [0.717, 1.165) is 22.6 Å². The van der Waals surface area contributed by atoms with Gasteiger partial charge >= 0.3 is 0 Å². The smallest absolute Gasteiger partial charge is 0.237 e. The summed E-state index contributed by atoms with van der Waals surface area (Å²) >= 11 is 13.4. The Bertz CT molecular complexity index is 658. The second-order valence-electron chi connectivity index (χ2n) is 4.92. The Labute approximate surface area is 145 Å². The van der Waals surface area contributed by atoms with E-state index < -0.39 is 0 Å². The molecule has 2 aromatic rings. The molecule has 116 valence electrons. The Morgan fingerprint density at radius 3 is 2.36 bits per heavy atom. The van der Waals surface area contributed by atoms with Crippen LogP contribution in [-0.2, 0) is 4.79 Å². The molecule has 1 atom stereocenters. The van der Waals surface area contributed by atoms with Crippen LogP contribution in [0, 0.1) is 6.92 Å². The van der Waals surface area contributed by atoms with Gasteiger partial charge in [0.1, 0.15) is 0 Å². The van der Waals surface area contributed by atoms with Crippen LogP contribution >= 0.6 is 35.0 Å². The number of hydrogen-bond donors (Lipinski definition) is 1. The van der Waals surface area contributed by atoms with Gasteiger partial charge < -0.3 is 5.32 Å². The van der Waals surface area contributed by atoms with Gasteiger partial charge in [-0.2, -0.15) is 0 Å². The summed E-state index contributed by atoms with van der Waals surface area (Å²) in [6.07, 6.45) is 0.742. The van der Waals surface area contributed by atoms with Gasteiger partial charge in [-0.3, -0.25) is 4.79 Å². The number of rotatable bonds is 5. The summed E-state index contributed by atoms with van der Waals surface area (Å²) in [5, 5.41) is 4.18. The third-order valence-electron chi connectivity index (χ3n) is 3.20. The molecule has 2 rings (SSSR count). The molecule has 2 aromatic carbocycles. The van der Waals surface area contributed by atoms with Crippen LogP contribution in [0.2, 0.25) is 10.0 Å². The van der Waals surface area contributed by atoms with E-state index in [2.05, 4.69) is 5.32 Å². The second kappa shape index (κ2) is 7.91. The number of hydrogen-bond acceptors (Lipinski definition) is 2. The Kier molecular flexibility index (Phi) is 6.18. The summed E-state index contributed by atoms with van der Waals surface area (Å²) in [5.74, 6) is -0.00660. The van der Waals surface area contributed by atoms with Crippen LogP contribution in [0.5, 0.6) is 0 Å². The Balaban J connectivity index is 2.06. The third-order valence-corrected chi connectivity index (χ3v) is 5.06. The van der Waals surface area contributed by atoms with Crippen LogP contribution in [0.4, 0.5) is 5.69 Å². The first-order chi connectivity index (χ1) is 10.5. The van der Waals surface area contributed by atoms with Crippen molar-refractivity contribution in [3.8, 4) is 0 Å². The molecule has 0 heterocycles. The summed E-state index contributed by atoms with van der Waals surface area (Å²) in [5.41, 5.74) is 1.75. The monoisotopic (exact) mass is 353 g/mol.